The molecule has 1 aliphatic rings. The highest BCUT2D eigenvalue weighted by Crippen LogP contribution is 2.26. The zero-order valence-electron chi connectivity index (χ0n) is 10.6. The summed E-state index contributed by atoms with van der Waals surface area (Å²) in [4.78, 5) is 12.0. The maximum Gasteiger partial charge on any atom is 0.223 e. The first-order valence-electron chi connectivity index (χ1n) is 6.41. The molecular formula is C12H23N3O2. The Kier molecular flexibility index (Phi) is 5.25. The van der Waals surface area contributed by atoms with Crippen molar-refractivity contribution in [1.29, 1.82) is 0 Å². The van der Waals surface area contributed by atoms with Gasteiger partial charge in [-0.3, -0.25) is 4.79 Å². The van der Waals surface area contributed by atoms with Crippen LogP contribution in [0.3, 0.4) is 0 Å². The lowest BCUT2D eigenvalue weighted by Crippen LogP contribution is -2.44. The number of carbonyl (C=O) groups excluding carboxylic acids is 1. The fraction of sp³-hybridized carbons (Fsp3) is 0.833. The van der Waals surface area contributed by atoms with Crippen molar-refractivity contribution >= 4 is 11.7 Å². The molecule has 0 aromatic rings. The molecular weight excluding hydrogens is 218 g/mol. The van der Waals surface area contributed by atoms with E-state index in [0.29, 0.717) is 0 Å². The monoisotopic (exact) mass is 241 g/mol. The Morgan fingerprint density at radius 3 is 2.65 bits per heavy atom. The van der Waals surface area contributed by atoms with Gasteiger partial charge in [0.2, 0.25) is 5.91 Å². The van der Waals surface area contributed by atoms with Crippen LogP contribution in [-0.4, -0.2) is 23.0 Å². The molecule has 17 heavy (non-hydrogen) atoms. The number of hydrogen-bond donors (Lipinski definition) is 3. The van der Waals surface area contributed by atoms with E-state index in [2.05, 4.69) is 10.5 Å². The number of rotatable bonds is 5. The minimum Gasteiger partial charge on any atom is -0.409 e. The van der Waals surface area contributed by atoms with E-state index in [1.165, 1.54) is 0 Å². The summed E-state index contributed by atoms with van der Waals surface area (Å²) in [7, 11) is 0. The normalized spacial score (nSPS) is 25.2. The molecule has 5 nitrogen and oxygen atoms in total. The molecule has 1 rings (SSSR count). The molecule has 4 N–H and O–H groups in total. The van der Waals surface area contributed by atoms with Crippen molar-refractivity contribution < 1.29 is 10.0 Å². The summed E-state index contributed by atoms with van der Waals surface area (Å²) >= 11 is 0. The van der Waals surface area contributed by atoms with Crippen LogP contribution in [0.5, 0.6) is 0 Å². The largest absolute Gasteiger partial charge is 0.409 e. The highest BCUT2D eigenvalue weighted by molar-refractivity contribution is 5.85. The molecule has 0 aromatic carbocycles. The number of nitrogens with two attached hydrogens (primary N) is 1. The van der Waals surface area contributed by atoms with Gasteiger partial charge in [-0.05, 0) is 25.7 Å². The number of hydrogen-bond acceptors (Lipinski definition) is 3. The average molecular weight is 241 g/mol. The SMILES string of the molecule is CCC(CC)C(=O)NC1CCCC1C(N)=NO. The Labute approximate surface area is 102 Å². The van der Waals surface area contributed by atoms with E-state index < -0.39 is 0 Å². The molecule has 1 fully saturated rings. The molecule has 0 radical (unpaired) electrons. The molecule has 0 aromatic heterocycles. The van der Waals surface area contributed by atoms with E-state index in [1.807, 2.05) is 13.8 Å². The maximum atomic E-state index is 12.0. The fourth-order valence-corrected chi connectivity index (χ4v) is 2.52. The minimum absolute atomic E-state index is 0.0155. The van der Waals surface area contributed by atoms with Gasteiger partial charge in [-0.1, -0.05) is 25.4 Å². The predicted octanol–water partition coefficient (Wildman–Crippen LogP) is 1.45. The van der Waals surface area contributed by atoms with Crippen LogP contribution in [0.4, 0.5) is 0 Å². The number of nitrogens with one attached hydrogen (secondary N) is 1. The van der Waals surface area contributed by atoms with Crippen molar-refractivity contribution in [3.05, 3.63) is 0 Å². The summed E-state index contributed by atoms with van der Waals surface area (Å²) in [6.07, 6.45) is 4.50. The Morgan fingerprint density at radius 1 is 1.47 bits per heavy atom. The third-order valence-electron chi connectivity index (χ3n) is 3.70. The van der Waals surface area contributed by atoms with Crippen molar-refractivity contribution in [2.24, 2.45) is 22.7 Å². The van der Waals surface area contributed by atoms with Gasteiger partial charge in [0.25, 0.3) is 0 Å². The molecule has 0 bridgehead atoms. The van der Waals surface area contributed by atoms with Gasteiger partial charge >= 0.3 is 0 Å². The highest BCUT2D eigenvalue weighted by atomic mass is 16.4. The second-order valence-corrected chi connectivity index (χ2v) is 4.69. The van der Waals surface area contributed by atoms with Crippen LogP contribution in [0.2, 0.25) is 0 Å². The zero-order valence-corrected chi connectivity index (χ0v) is 10.6. The van der Waals surface area contributed by atoms with Crippen molar-refractivity contribution in [3.8, 4) is 0 Å². The number of amides is 1. The molecule has 2 atom stereocenters. The van der Waals surface area contributed by atoms with Gasteiger partial charge in [-0.25, -0.2) is 0 Å². The van der Waals surface area contributed by atoms with Crippen molar-refractivity contribution in [3.63, 3.8) is 0 Å². The van der Waals surface area contributed by atoms with Crippen LogP contribution in [0.25, 0.3) is 0 Å². The van der Waals surface area contributed by atoms with E-state index in [-0.39, 0.29) is 29.6 Å². The van der Waals surface area contributed by atoms with Crippen LogP contribution in [0, 0.1) is 11.8 Å². The molecule has 0 saturated heterocycles. The first-order valence-corrected chi connectivity index (χ1v) is 6.41. The molecule has 98 valence electrons. The molecule has 0 heterocycles. The van der Waals surface area contributed by atoms with Crippen LogP contribution >= 0.6 is 0 Å². The molecule has 0 spiro atoms. The predicted molar refractivity (Wildman–Crippen MR) is 66.8 cm³/mol. The standard InChI is InChI=1S/C12H23N3O2/c1-3-8(4-2)12(16)14-10-7-5-6-9(10)11(13)15-17/h8-10,17H,3-7H2,1-2H3,(H2,13,15)(H,14,16). The van der Waals surface area contributed by atoms with Gasteiger partial charge in [0.05, 0.1) is 0 Å². The summed E-state index contributed by atoms with van der Waals surface area (Å²) < 4.78 is 0. The lowest BCUT2D eigenvalue weighted by molar-refractivity contribution is -0.126. The third kappa shape index (κ3) is 3.35. The van der Waals surface area contributed by atoms with E-state index >= 15 is 0 Å². The fourth-order valence-electron chi connectivity index (χ4n) is 2.52. The molecule has 0 aliphatic heterocycles. The summed E-state index contributed by atoms with van der Waals surface area (Å²) in [5, 5.41) is 14.8. The van der Waals surface area contributed by atoms with E-state index in [1.54, 1.807) is 0 Å². The topological polar surface area (TPSA) is 87.7 Å². The van der Waals surface area contributed by atoms with Crippen molar-refractivity contribution in [1.82, 2.24) is 5.32 Å². The second kappa shape index (κ2) is 6.47. The van der Waals surface area contributed by atoms with Gasteiger partial charge in [0, 0.05) is 17.9 Å². The first kappa shape index (κ1) is 13.8. The maximum absolute atomic E-state index is 12.0. The summed E-state index contributed by atoms with van der Waals surface area (Å²) in [5.74, 6) is 0.386. The summed E-state index contributed by atoms with van der Waals surface area (Å²) in [6, 6.07) is 0.0269. The molecule has 1 amide bonds. The summed E-state index contributed by atoms with van der Waals surface area (Å²) in [6.45, 7) is 4.03. The number of amidine groups is 1. The lowest BCUT2D eigenvalue weighted by atomic mass is 9.99. The second-order valence-electron chi connectivity index (χ2n) is 4.69. The van der Waals surface area contributed by atoms with Gasteiger partial charge in [-0.15, -0.1) is 0 Å². The van der Waals surface area contributed by atoms with Crippen LogP contribution in [0.1, 0.15) is 46.0 Å². The van der Waals surface area contributed by atoms with E-state index in [9.17, 15) is 4.79 Å². The first-order chi connectivity index (χ1) is 8.13. The van der Waals surface area contributed by atoms with E-state index in [4.69, 9.17) is 10.9 Å². The minimum atomic E-state index is -0.0155. The lowest BCUT2D eigenvalue weighted by Gasteiger charge is -2.22. The average Bonchev–Trinajstić information content (AvgIpc) is 2.77. The van der Waals surface area contributed by atoms with Gasteiger partial charge in [0.1, 0.15) is 5.84 Å². The Bertz CT molecular complexity index is 287. The van der Waals surface area contributed by atoms with Crippen LogP contribution in [0.15, 0.2) is 5.16 Å². The quantitative estimate of drug-likeness (QED) is 0.295. The van der Waals surface area contributed by atoms with Gasteiger partial charge < -0.3 is 16.3 Å². The molecule has 2 unspecified atom stereocenters. The third-order valence-corrected chi connectivity index (χ3v) is 3.70. The van der Waals surface area contributed by atoms with E-state index in [0.717, 1.165) is 32.1 Å². The van der Waals surface area contributed by atoms with Crippen molar-refractivity contribution in [2.45, 2.75) is 52.0 Å². The van der Waals surface area contributed by atoms with Crippen LogP contribution < -0.4 is 11.1 Å². The Hall–Kier alpha value is -1.26. The van der Waals surface area contributed by atoms with Crippen LogP contribution in [-0.2, 0) is 4.79 Å². The molecule has 5 heteroatoms. The van der Waals surface area contributed by atoms with Crippen molar-refractivity contribution in [2.75, 3.05) is 0 Å². The number of nitrogens with zero attached hydrogens (tertiary/aromatic N) is 1. The highest BCUT2D eigenvalue weighted by Gasteiger charge is 2.32. The number of carbonyl (C=O) groups is 1. The zero-order chi connectivity index (χ0) is 12.8. The molecule has 1 saturated carbocycles. The summed E-state index contributed by atoms with van der Waals surface area (Å²) in [5.41, 5.74) is 5.63. The van der Waals surface area contributed by atoms with Gasteiger partial charge in [-0.2, -0.15) is 0 Å². The molecule has 1 aliphatic carbocycles. The Balaban J connectivity index is 2.58. The smallest absolute Gasteiger partial charge is 0.223 e. The van der Waals surface area contributed by atoms with Gasteiger partial charge in [0.15, 0.2) is 0 Å². The Morgan fingerprint density at radius 2 is 2.12 bits per heavy atom. The number of oxime groups is 1.